The molecule has 0 aliphatic heterocycles. The van der Waals surface area contributed by atoms with Gasteiger partial charge in [-0.3, -0.25) is 9.59 Å². The fourth-order valence-electron chi connectivity index (χ4n) is 2.37. The Balaban J connectivity index is 2.37. The van der Waals surface area contributed by atoms with E-state index < -0.39 is 0 Å². The van der Waals surface area contributed by atoms with E-state index >= 15 is 0 Å². The normalized spacial score (nSPS) is 10.6. The lowest BCUT2D eigenvalue weighted by atomic mass is 10.1. The number of methoxy groups -OCH3 is 2. The summed E-state index contributed by atoms with van der Waals surface area (Å²) in [7, 11) is 3.10. The third-order valence-electron chi connectivity index (χ3n) is 3.65. The van der Waals surface area contributed by atoms with Crippen LogP contribution < -0.4 is 20.2 Å². The summed E-state index contributed by atoms with van der Waals surface area (Å²) in [5.41, 5.74) is 0.907. The van der Waals surface area contributed by atoms with E-state index in [1.54, 1.807) is 50.6 Å². The summed E-state index contributed by atoms with van der Waals surface area (Å²) in [6, 6.07) is 10.2. The molecule has 0 amide bonds. The molecule has 0 atom stereocenters. The van der Waals surface area contributed by atoms with Crippen molar-refractivity contribution >= 4 is 33.5 Å². The van der Waals surface area contributed by atoms with Crippen LogP contribution in [-0.2, 0) is 0 Å². The molecule has 5 nitrogen and oxygen atoms in total. The Morgan fingerprint density at radius 1 is 1.12 bits per heavy atom. The lowest BCUT2D eigenvalue weighted by Crippen LogP contribution is -2.15. The summed E-state index contributed by atoms with van der Waals surface area (Å²) in [6.07, 6.45) is 3.01. The lowest BCUT2D eigenvalue weighted by molar-refractivity contribution is 0.104. The average molecular weight is 418 g/mol. The molecular weight excluding hydrogens is 398 g/mol. The van der Waals surface area contributed by atoms with Crippen molar-refractivity contribution in [3.8, 4) is 11.5 Å². The van der Waals surface area contributed by atoms with Crippen LogP contribution in [0.15, 0.2) is 51.7 Å². The van der Waals surface area contributed by atoms with E-state index in [9.17, 15) is 9.59 Å². The SMILES string of the molecule is CCNc1ccc(Br)cc(C(=O)/C=C\c2ccc(OC)c(OC)c2)c1=O. The fourth-order valence-corrected chi connectivity index (χ4v) is 2.73. The molecule has 0 heterocycles. The number of benzene rings is 1. The summed E-state index contributed by atoms with van der Waals surface area (Å²) in [5.74, 6) is 0.794. The molecule has 0 aromatic heterocycles. The first kappa shape index (κ1) is 19.7. The molecule has 6 heteroatoms. The minimum absolute atomic E-state index is 0.0922. The number of nitrogens with one attached hydrogen (secondary N) is 1. The first-order valence-electron chi connectivity index (χ1n) is 8.02. The Bertz CT molecular complexity index is 893. The van der Waals surface area contributed by atoms with E-state index in [4.69, 9.17) is 9.47 Å². The highest BCUT2D eigenvalue weighted by Gasteiger charge is 2.11. The largest absolute Gasteiger partial charge is 0.493 e. The molecule has 0 saturated carbocycles. The molecule has 2 aromatic carbocycles. The standard InChI is InChI=1S/C20H20BrNO4/c1-4-22-16-8-7-14(21)12-15(20(16)24)17(23)9-5-13-6-10-18(25-2)19(11-13)26-3/h5-12H,4H2,1-3H3,(H,22,24)/b9-5-. The number of anilines is 1. The Hall–Kier alpha value is -2.60. The number of ether oxygens (including phenoxy) is 2. The Labute approximate surface area is 160 Å². The Kier molecular flexibility index (Phi) is 6.97. The number of allylic oxidation sites excluding steroid dienone is 1. The van der Waals surface area contributed by atoms with Crippen LogP contribution in [0.25, 0.3) is 6.08 Å². The van der Waals surface area contributed by atoms with E-state index in [-0.39, 0.29) is 16.8 Å². The molecule has 136 valence electrons. The van der Waals surface area contributed by atoms with Crippen LogP contribution in [0.1, 0.15) is 22.8 Å². The summed E-state index contributed by atoms with van der Waals surface area (Å²) in [4.78, 5) is 25.1. The van der Waals surface area contributed by atoms with Gasteiger partial charge in [0.05, 0.1) is 25.5 Å². The fraction of sp³-hybridized carbons (Fsp3) is 0.200. The first-order chi connectivity index (χ1) is 12.5. The molecule has 0 bridgehead atoms. The van der Waals surface area contributed by atoms with Gasteiger partial charge in [0.15, 0.2) is 17.3 Å². The number of ketones is 1. The van der Waals surface area contributed by atoms with Gasteiger partial charge in [-0.15, -0.1) is 0 Å². The van der Waals surface area contributed by atoms with Crippen molar-refractivity contribution in [1.29, 1.82) is 0 Å². The van der Waals surface area contributed by atoms with Gasteiger partial charge in [0.25, 0.3) is 0 Å². The van der Waals surface area contributed by atoms with Gasteiger partial charge < -0.3 is 14.8 Å². The van der Waals surface area contributed by atoms with Crippen LogP contribution in [0.5, 0.6) is 11.5 Å². The van der Waals surface area contributed by atoms with E-state index in [1.165, 1.54) is 12.1 Å². The zero-order valence-electron chi connectivity index (χ0n) is 14.8. The van der Waals surface area contributed by atoms with Crippen molar-refractivity contribution in [3.63, 3.8) is 0 Å². The van der Waals surface area contributed by atoms with Gasteiger partial charge in [0.2, 0.25) is 5.43 Å². The number of hydrogen-bond donors (Lipinski definition) is 1. The summed E-state index contributed by atoms with van der Waals surface area (Å²) in [6.45, 7) is 2.48. The summed E-state index contributed by atoms with van der Waals surface area (Å²) < 4.78 is 11.1. The van der Waals surface area contributed by atoms with E-state index in [0.29, 0.717) is 28.2 Å². The molecule has 0 radical (unpaired) electrons. The average Bonchev–Trinajstić information content (AvgIpc) is 2.79. The number of halogens is 1. The topological polar surface area (TPSA) is 64.6 Å². The van der Waals surface area contributed by atoms with Crippen molar-refractivity contribution in [3.05, 3.63) is 68.3 Å². The highest BCUT2D eigenvalue weighted by molar-refractivity contribution is 9.10. The van der Waals surface area contributed by atoms with Gasteiger partial charge in [-0.1, -0.05) is 28.1 Å². The summed E-state index contributed by atoms with van der Waals surface area (Å²) >= 11 is 3.34. The molecule has 0 fully saturated rings. The quantitative estimate of drug-likeness (QED) is 0.541. The summed E-state index contributed by atoms with van der Waals surface area (Å²) in [5, 5.41) is 2.98. The number of rotatable bonds is 7. The zero-order chi connectivity index (χ0) is 19.1. The van der Waals surface area contributed by atoms with Crippen molar-refractivity contribution in [2.45, 2.75) is 6.92 Å². The number of carbonyl (C=O) groups excluding carboxylic acids is 1. The van der Waals surface area contributed by atoms with Crippen molar-refractivity contribution in [1.82, 2.24) is 0 Å². The number of carbonyl (C=O) groups is 1. The van der Waals surface area contributed by atoms with E-state index in [0.717, 1.165) is 5.56 Å². The van der Waals surface area contributed by atoms with E-state index in [2.05, 4.69) is 21.2 Å². The van der Waals surface area contributed by atoms with Crippen LogP contribution in [-0.4, -0.2) is 26.5 Å². The van der Waals surface area contributed by atoms with Crippen LogP contribution in [0.3, 0.4) is 0 Å². The van der Waals surface area contributed by atoms with Gasteiger partial charge in [-0.25, -0.2) is 0 Å². The molecule has 0 saturated heterocycles. The second-order valence-electron chi connectivity index (χ2n) is 5.36. The predicted molar refractivity (Wildman–Crippen MR) is 107 cm³/mol. The van der Waals surface area contributed by atoms with Gasteiger partial charge >= 0.3 is 0 Å². The molecule has 0 aliphatic rings. The van der Waals surface area contributed by atoms with Crippen molar-refractivity contribution < 1.29 is 14.3 Å². The minimum atomic E-state index is -0.374. The highest BCUT2D eigenvalue weighted by Crippen LogP contribution is 2.28. The highest BCUT2D eigenvalue weighted by atomic mass is 79.9. The predicted octanol–water partition coefficient (Wildman–Crippen LogP) is 4.15. The van der Waals surface area contributed by atoms with Crippen molar-refractivity contribution in [2.75, 3.05) is 26.1 Å². The van der Waals surface area contributed by atoms with Crippen LogP contribution in [0.2, 0.25) is 0 Å². The molecule has 1 N–H and O–H groups in total. The number of hydrogen-bond acceptors (Lipinski definition) is 5. The molecule has 0 spiro atoms. The van der Waals surface area contributed by atoms with Gasteiger partial charge in [-0.05, 0) is 48.9 Å². The molecule has 0 unspecified atom stereocenters. The third-order valence-corrected chi connectivity index (χ3v) is 4.14. The zero-order valence-corrected chi connectivity index (χ0v) is 16.4. The first-order valence-corrected chi connectivity index (χ1v) is 8.81. The maximum absolute atomic E-state index is 12.6. The smallest absolute Gasteiger partial charge is 0.212 e. The Morgan fingerprint density at radius 3 is 2.50 bits per heavy atom. The molecule has 2 rings (SSSR count). The van der Waals surface area contributed by atoms with E-state index in [1.807, 2.05) is 6.92 Å². The lowest BCUT2D eigenvalue weighted by Gasteiger charge is -2.07. The molecular formula is C20H20BrNO4. The monoisotopic (exact) mass is 417 g/mol. The molecule has 2 aromatic rings. The van der Waals surface area contributed by atoms with Gasteiger partial charge in [0, 0.05) is 11.0 Å². The van der Waals surface area contributed by atoms with Crippen LogP contribution in [0, 0.1) is 0 Å². The molecule has 26 heavy (non-hydrogen) atoms. The van der Waals surface area contributed by atoms with Gasteiger partial charge in [-0.2, -0.15) is 0 Å². The van der Waals surface area contributed by atoms with Crippen LogP contribution in [0.4, 0.5) is 5.69 Å². The molecule has 0 aliphatic carbocycles. The second-order valence-corrected chi connectivity index (χ2v) is 6.28. The third kappa shape index (κ3) is 4.73. The minimum Gasteiger partial charge on any atom is -0.493 e. The Morgan fingerprint density at radius 2 is 1.85 bits per heavy atom. The van der Waals surface area contributed by atoms with Crippen molar-refractivity contribution in [2.24, 2.45) is 0 Å². The van der Waals surface area contributed by atoms with Gasteiger partial charge in [0.1, 0.15) is 0 Å². The van der Waals surface area contributed by atoms with Crippen LogP contribution >= 0.6 is 15.9 Å². The maximum atomic E-state index is 12.6. The second kappa shape index (κ2) is 9.20. The maximum Gasteiger partial charge on any atom is 0.212 e.